The molecule has 1 amide bonds. The van der Waals surface area contributed by atoms with Crippen molar-refractivity contribution in [3.05, 3.63) is 40.7 Å². The lowest BCUT2D eigenvalue weighted by molar-refractivity contribution is -0.133. The Morgan fingerprint density at radius 2 is 2.23 bits per heavy atom. The van der Waals surface area contributed by atoms with Gasteiger partial charge in [0, 0.05) is 14.2 Å². The molecule has 1 unspecified atom stereocenters. The number of fused-ring (bicyclic) bond motifs is 1. The fourth-order valence-electron chi connectivity index (χ4n) is 2.10. The standard InChI is InChI=1S/C15H18FN3O3/c1-10(8-22-3)18(2)14(20)7-19-9-17-13-5-4-11(16)6-12(13)15(19)21/h4-6,9-10H,7-8H2,1-3H3. The molecule has 0 saturated carbocycles. The molecule has 0 spiro atoms. The Bertz CT molecular complexity index is 744. The Hall–Kier alpha value is -2.28. The van der Waals surface area contributed by atoms with Crippen LogP contribution in [-0.4, -0.2) is 47.2 Å². The van der Waals surface area contributed by atoms with Gasteiger partial charge in [0.15, 0.2) is 0 Å². The number of aromatic nitrogens is 2. The van der Waals surface area contributed by atoms with Crippen molar-refractivity contribution in [2.75, 3.05) is 20.8 Å². The molecule has 1 aromatic heterocycles. The molecule has 0 bridgehead atoms. The Kier molecular flexibility index (Phi) is 4.87. The third-order valence-corrected chi connectivity index (χ3v) is 3.55. The van der Waals surface area contributed by atoms with Crippen molar-refractivity contribution >= 4 is 16.8 Å². The van der Waals surface area contributed by atoms with Crippen LogP contribution in [0.15, 0.2) is 29.3 Å². The number of hydrogen-bond donors (Lipinski definition) is 0. The van der Waals surface area contributed by atoms with Gasteiger partial charge < -0.3 is 9.64 Å². The maximum absolute atomic E-state index is 13.3. The van der Waals surface area contributed by atoms with Gasteiger partial charge in [-0.2, -0.15) is 0 Å². The molecule has 0 radical (unpaired) electrons. The first-order chi connectivity index (χ1) is 10.4. The summed E-state index contributed by atoms with van der Waals surface area (Å²) >= 11 is 0. The average Bonchev–Trinajstić information content (AvgIpc) is 2.50. The molecular formula is C15H18FN3O3. The van der Waals surface area contributed by atoms with E-state index in [1.165, 1.54) is 27.9 Å². The van der Waals surface area contributed by atoms with Crippen LogP contribution in [0.1, 0.15) is 6.92 Å². The molecule has 0 fully saturated rings. The second kappa shape index (κ2) is 6.65. The van der Waals surface area contributed by atoms with Crippen molar-refractivity contribution in [3.8, 4) is 0 Å². The summed E-state index contributed by atoms with van der Waals surface area (Å²) < 4.78 is 19.4. The summed E-state index contributed by atoms with van der Waals surface area (Å²) in [4.78, 5) is 30.1. The summed E-state index contributed by atoms with van der Waals surface area (Å²) in [7, 11) is 3.20. The minimum atomic E-state index is -0.513. The van der Waals surface area contributed by atoms with Gasteiger partial charge in [-0.15, -0.1) is 0 Å². The normalized spacial score (nSPS) is 12.4. The number of rotatable bonds is 5. The van der Waals surface area contributed by atoms with Crippen LogP contribution >= 0.6 is 0 Å². The molecule has 7 heteroatoms. The topological polar surface area (TPSA) is 64.4 Å². The van der Waals surface area contributed by atoms with E-state index < -0.39 is 11.4 Å². The number of methoxy groups -OCH3 is 1. The summed E-state index contributed by atoms with van der Waals surface area (Å²) in [5, 5.41) is 0.155. The molecule has 22 heavy (non-hydrogen) atoms. The number of likely N-dealkylation sites (N-methyl/N-ethyl adjacent to an activating group) is 1. The largest absolute Gasteiger partial charge is 0.383 e. The van der Waals surface area contributed by atoms with Crippen molar-refractivity contribution < 1.29 is 13.9 Å². The van der Waals surface area contributed by atoms with Gasteiger partial charge in [0.1, 0.15) is 12.4 Å². The molecule has 0 aliphatic rings. The van der Waals surface area contributed by atoms with Crippen molar-refractivity contribution in [3.63, 3.8) is 0 Å². The van der Waals surface area contributed by atoms with Crippen LogP contribution in [0.2, 0.25) is 0 Å². The van der Waals surface area contributed by atoms with E-state index in [4.69, 9.17) is 4.74 Å². The number of carbonyl (C=O) groups is 1. The SMILES string of the molecule is COCC(C)N(C)C(=O)Cn1cnc2ccc(F)cc2c1=O. The molecule has 1 heterocycles. The van der Waals surface area contributed by atoms with Gasteiger partial charge in [0.2, 0.25) is 5.91 Å². The first kappa shape index (κ1) is 16.1. The van der Waals surface area contributed by atoms with Crippen LogP contribution in [0.5, 0.6) is 0 Å². The summed E-state index contributed by atoms with van der Waals surface area (Å²) in [6, 6.07) is 3.69. The first-order valence-electron chi connectivity index (χ1n) is 6.83. The first-order valence-corrected chi connectivity index (χ1v) is 6.83. The van der Waals surface area contributed by atoms with Gasteiger partial charge in [-0.05, 0) is 25.1 Å². The third kappa shape index (κ3) is 3.30. The van der Waals surface area contributed by atoms with Crippen LogP contribution in [0.3, 0.4) is 0 Å². The number of hydrogen-bond acceptors (Lipinski definition) is 4. The van der Waals surface area contributed by atoms with Gasteiger partial charge in [-0.1, -0.05) is 0 Å². The quantitative estimate of drug-likeness (QED) is 0.827. The lowest BCUT2D eigenvalue weighted by atomic mass is 10.2. The highest BCUT2D eigenvalue weighted by atomic mass is 19.1. The van der Waals surface area contributed by atoms with Crippen molar-refractivity contribution in [1.29, 1.82) is 0 Å². The Morgan fingerprint density at radius 3 is 2.91 bits per heavy atom. The van der Waals surface area contributed by atoms with E-state index in [1.807, 2.05) is 6.92 Å². The fourth-order valence-corrected chi connectivity index (χ4v) is 2.10. The average molecular weight is 307 g/mol. The molecular weight excluding hydrogens is 289 g/mol. The Labute approximate surface area is 127 Å². The highest BCUT2D eigenvalue weighted by Gasteiger charge is 2.17. The van der Waals surface area contributed by atoms with Gasteiger partial charge in [0.25, 0.3) is 5.56 Å². The van der Waals surface area contributed by atoms with Crippen molar-refractivity contribution in [2.24, 2.45) is 0 Å². The Morgan fingerprint density at radius 1 is 1.50 bits per heavy atom. The van der Waals surface area contributed by atoms with E-state index in [9.17, 15) is 14.0 Å². The van der Waals surface area contributed by atoms with E-state index in [0.29, 0.717) is 12.1 Å². The smallest absolute Gasteiger partial charge is 0.261 e. The highest BCUT2D eigenvalue weighted by Crippen LogP contribution is 2.08. The predicted octanol–water partition coefficient (Wildman–Crippen LogP) is 1.03. The molecule has 0 N–H and O–H groups in total. The number of nitrogens with zero attached hydrogens (tertiary/aromatic N) is 3. The summed E-state index contributed by atoms with van der Waals surface area (Å²) in [5.74, 6) is -0.759. The van der Waals surface area contributed by atoms with E-state index in [1.54, 1.807) is 14.2 Å². The van der Waals surface area contributed by atoms with Crippen LogP contribution in [0.25, 0.3) is 10.9 Å². The van der Waals surface area contributed by atoms with E-state index in [0.717, 1.165) is 6.07 Å². The minimum Gasteiger partial charge on any atom is -0.383 e. The number of amides is 1. The lowest BCUT2D eigenvalue weighted by Gasteiger charge is -2.24. The minimum absolute atomic E-state index is 0.112. The zero-order valence-electron chi connectivity index (χ0n) is 12.7. The predicted molar refractivity (Wildman–Crippen MR) is 80.1 cm³/mol. The van der Waals surface area contributed by atoms with Crippen molar-refractivity contribution in [1.82, 2.24) is 14.5 Å². The second-order valence-electron chi connectivity index (χ2n) is 5.15. The number of benzene rings is 1. The monoisotopic (exact) mass is 307 g/mol. The molecule has 0 aliphatic carbocycles. The summed E-state index contributed by atoms with van der Waals surface area (Å²) in [6.07, 6.45) is 1.30. The molecule has 1 atom stereocenters. The van der Waals surface area contributed by atoms with Crippen LogP contribution in [0, 0.1) is 5.82 Å². The third-order valence-electron chi connectivity index (χ3n) is 3.55. The molecule has 6 nitrogen and oxygen atoms in total. The summed E-state index contributed by atoms with van der Waals surface area (Å²) in [5.41, 5.74) is -0.0400. The number of carbonyl (C=O) groups excluding carboxylic acids is 1. The molecule has 0 aliphatic heterocycles. The lowest BCUT2D eigenvalue weighted by Crippen LogP contribution is -2.41. The highest BCUT2D eigenvalue weighted by molar-refractivity contribution is 5.79. The zero-order chi connectivity index (χ0) is 16.3. The van der Waals surface area contributed by atoms with E-state index in [-0.39, 0.29) is 23.9 Å². The Balaban J connectivity index is 2.26. The van der Waals surface area contributed by atoms with E-state index >= 15 is 0 Å². The molecule has 2 aromatic rings. The second-order valence-corrected chi connectivity index (χ2v) is 5.15. The molecule has 1 aromatic carbocycles. The van der Waals surface area contributed by atoms with E-state index in [2.05, 4.69) is 4.98 Å². The van der Waals surface area contributed by atoms with Crippen LogP contribution < -0.4 is 5.56 Å². The fraction of sp³-hybridized carbons (Fsp3) is 0.400. The van der Waals surface area contributed by atoms with Crippen LogP contribution in [0.4, 0.5) is 4.39 Å². The molecule has 0 saturated heterocycles. The number of halogens is 1. The maximum atomic E-state index is 13.3. The molecule has 2 rings (SSSR count). The summed E-state index contributed by atoms with van der Waals surface area (Å²) in [6.45, 7) is 2.10. The number of ether oxygens (including phenoxy) is 1. The van der Waals surface area contributed by atoms with Gasteiger partial charge >= 0.3 is 0 Å². The van der Waals surface area contributed by atoms with Gasteiger partial charge in [0.05, 0.1) is 29.9 Å². The van der Waals surface area contributed by atoms with Gasteiger partial charge in [-0.3, -0.25) is 14.2 Å². The van der Waals surface area contributed by atoms with Crippen LogP contribution in [-0.2, 0) is 16.1 Å². The van der Waals surface area contributed by atoms with Gasteiger partial charge in [-0.25, -0.2) is 9.37 Å². The van der Waals surface area contributed by atoms with Crippen molar-refractivity contribution in [2.45, 2.75) is 19.5 Å². The maximum Gasteiger partial charge on any atom is 0.261 e. The molecule has 118 valence electrons. The zero-order valence-corrected chi connectivity index (χ0v) is 12.7.